The van der Waals surface area contributed by atoms with Crippen LogP contribution in [0.2, 0.25) is 0 Å². The molecule has 0 spiro atoms. The van der Waals surface area contributed by atoms with E-state index in [9.17, 15) is 0 Å². The maximum atomic E-state index is 8.89. The van der Waals surface area contributed by atoms with Crippen molar-refractivity contribution in [2.24, 2.45) is 0 Å². The highest BCUT2D eigenvalue weighted by molar-refractivity contribution is 5.75. The van der Waals surface area contributed by atoms with Crippen LogP contribution in [0.1, 0.15) is 5.56 Å². The van der Waals surface area contributed by atoms with Crippen LogP contribution >= 0.6 is 0 Å². The third-order valence-corrected chi connectivity index (χ3v) is 2.36. The van der Waals surface area contributed by atoms with Gasteiger partial charge >= 0.3 is 0 Å². The molecular formula is C12H13NO2. The molecule has 3 heteroatoms. The molecule has 0 bridgehead atoms. The number of furan rings is 1. The number of benzene rings is 1. The SMILES string of the molecule is Nc1c(CCO)cccc1-c1ccco1. The highest BCUT2D eigenvalue weighted by atomic mass is 16.3. The maximum Gasteiger partial charge on any atom is 0.135 e. The summed E-state index contributed by atoms with van der Waals surface area (Å²) in [6.45, 7) is 0.103. The standard InChI is InChI=1S/C12H13NO2/c13-12-9(6-7-14)3-1-4-10(12)11-5-2-8-15-11/h1-5,8,14H,6-7,13H2. The van der Waals surface area contributed by atoms with Crippen LogP contribution in [-0.4, -0.2) is 11.7 Å². The number of nitrogens with two attached hydrogens (primary N) is 1. The fraction of sp³-hybridized carbons (Fsp3) is 0.167. The van der Waals surface area contributed by atoms with Gasteiger partial charge in [0.2, 0.25) is 0 Å². The molecule has 3 nitrogen and oxygen atoms in total. The molecule has 15 heavy (non-hydrogen) atoms. The van der Waals surface area contributed by atoms with Gasteiger partial charge in [-0.05, 0) is 30.2 Å². The number of anilines is 1. The van der Waals surface area contributed by atoms with Gasteiger partial charge < -0.3 is 15.3 Å². The molecule has 1 aromatic carbocycles. The zero-order chi connectivity index (χ0) is 10.7. The average molecular weight is 203 g/mol. The van der Waals surface area contributed by atoms with E-state index in [1.54, 1.807) is 6.26 Å². The van der Waals surface area contributed by atoms with Crippen molar-refractivity contribution in [3.63, 3.8) is 0 Å². The van der Waals surface area contributed by atoms with Crippen LogP contribution in [0, 0.1) is 0 Å². The molecule has 2 aromatic rings. The van der Waals surface area contributed by atoms with Crippen LogP contribution in [0.15, 0.2) is 41.0 Å². The molecule has 0 radical (unpaired) electrons. The Morgan fingerprint density at radius 1 is 1.20 bits per heavy atom. The first kappa shape index (κ1) is 9.80. The molecule has 0 saturated carbocycles. The second kappa shape index (κ2) is 4.19. The van der Waals surface area contributed by atoms with Gasteiger partial charge in [-0.25, -0.2) is 0 Å². The molecule has 0 fully saturated rings. The Labute approximate surface area is 88.1 Å². The van der Waals surface area contributed by atoms with Gasteiger partial charge in [0.05, 0.1) is 6.26 Å². The zero-order valence-corrected chi connectivity index (χ0v) is 8.31. The number of rotatable bonds is 3. The Kier molecular flexibility index (Phi) is 2.74. The molecular weight excluding hydrogens is 190 g/mol. The lowest BCUT2D eigenvalue weighted by atomic mass is 10.0. The molecule has 1 aromatic heterocycles. The third kappa shape index (κ3) is 1.87. The number of para-hydroxylation sites is 1. The van der Waals surface area contributed by atoms with Crippen molar-refractivity contribution < 1.29 is 9.52 Å². The normalized spacial score (nSPS) is 10.5. The van der Waals surface area contributed by atoms with E-state index in [1.165, 1.54) is 0 Å². The first-order valence-corrected chi connectivity index (χ1v) is 4.85. The lowest BCUT2D eigenvalue weighted by molar-refractivity contribution is 0.300. The van der Waals surface area contributed by atoms with Gasteiger partial charge in [0.1, 0.15) is 5.76 Å². The number of nitrogen functional groups attached to an aromatic ring is 1. The maximum absolute atomic E-state index is 8.89. The molecule has 0 aliphatic carbocycles. The fourth-order valence-corrected chi connectivity index (χ4v) is 1.60. The van der Waals surface area contributed by atoms with Crippen molar-refractivity contribution in [3.05, 3.63) is 42.2 Å². The first-order valence-electron chi connectivity index (χ1n) is 4.85. The Hall–Kier alpha value is -1.74. The zero-order valence-electron chi connectivity index (χ0n) is 8.31. The number of hydrogen-bond donors (Lipinski definition) is 2. The summed E-state index contributed by atoms with van der Waals surface area (Å²) < 4.78 is 5.29. The lowest BCUT2D eigenvalue weighted by Crippen LogP contribution is -1.99. The van der Waals surface area contributed by atoms with Gasteiger partial charge in [0.15, 0.2) is 0 Å². The van der Waals surface area contributed by atoms with Gasteiger partial charge in [0, 0.05) is 17.9 Å². The second-order valence-corrected chi connectivity index (χ2v) is 3.33. The van der Waals surface area contributed by atoms with E-state index in [-0.39, 0.29) is 6.61 Å². The minimum atomic E-state index is 0.103. The van der Waals surface area contributed by atoms with Gasteiger partial charge in [-0.3, -0.25) is 0 Å². The molecule has 0 aliphatic rings. The fourth-order valence-electron chi connectivity index (χ4n) is 1.60. The summed E-state index contributed by atoms with van der Waals surface area (Å²) in [5.41, 5.74) is 8.50. The summed E-state index contributed by atoms with van der Waals surface area (Å²) in [6, 6.07) is 9.44. The van der Waals surface area contributed by atoms with E-state index in [1.807, 2.05) is 30.3 Å². The quantitative estimate of drug-likeness (QED) is 0.751. The Bertz CT molecular complexity index is 435. The molecule has 0 unspecified atom stereocenters. The average Bonchev–Trinajstić information content (AvgIpc) is 2.74. The van der Waals surface area contributed by atoms with E-state index < -0.39 is 0 Å². The van der Waals surface area contributed by atoms with Crippen molar-refractivity contribution in [2.45, 2.75) is 6.42 Å². The predicted molar refractivity (Wildman–Crippen MR) is 59.3 cm³/mol. The molecule has 0 aliphatic heterocycles. The monoisotopic (exact) mass is 203 g/mol. The van der Waals surface area contributed by atoms with Crippen LogP contribution in [-0.2, 0) is 6.42 Å². The van der Waals surface area contributed by atoms with Gasteiger partial charge in [0.25, 0.3) is 0 Å². The predicted octanol–water partition coefficient (Wildman–Crippen LogP) is 2.06. The van der Waals surface area contributed by atoms with Crippen LogP contribution in [0.4, 0.5) is 5.69 Å². The summed E-state index contributed by atoms with van der Waals surface area (Å²) in [4.78, 5) is 0. The molecule has 0 saturated heterocycles. The largest absolute Gasteiger partial charge is 0.464 e. The van der Waals surface area contributed by atoms with Crippen LogP contribution in [0.3, 0.4) is 0 Å². The van der Waals surface area contributed by atoms with Gasteiger partial charge in [-0.2, -0.15) is 0 Å². The minimum Gasteiger partial charge on any atom is -0.464 e. The van der Waals surface area contributed by atoms with Crippen molar-refractivity contribution in [3.8, 4) is 11.3 Å². The number of aliphatic hydroxyl groups is 1. The molecule has 3 N–H and O–H groups in total. The topological polar surface area (TPSA) is 59.4 Å². The summed E-state index contributed by atoms with van der Waals surface area (Å²) in [5.74, 6) is 0.757. The highest BCUT2D eigenvalue weighted by Gasteiger charge is 2.08. The Balaban J connectivity index is 2.45. The molecule has 0 atom stereocenters. The van der Waals surface area contributed by atoms with E-state index in [0.717, 1.165) is 16.9 Å². The highest BCUT2D eigenvalue weighted by Crippen LogP contribution is 2.28. The van der Waals surface area contributed by atoms with Gasteiger partial charge in [-0.1, -0.05) is 12.1 Å². The number of aliphatic hydroxyl groups excluding tert-OH is 1. The van der Waals surface area contributed by atoms with Crippen molar-refractivity contribution in [1.29, 1.82) is 0 Å². The molecule has 78 valence electrons. The van der Waals surface area contributed by atoms with Crippen LogP contribution in [0.5, 0.6) is 0 Å². The van der Waals surface area contributed by atoms with Crippen LogP contribution in [0.25, 0.3) is 11.3 Å². The van der Waals surface area contributed by atoms with E-state index in [2.05, 4.69) is 0 Å². The van der Waals surface area contributed by atoms with E-state index >= 15 is 0 Å². The van der Waals surface area contributed by atoms with Crippen molar-refractivity contribution in [1.82, 2.24) is 0 Å². The molecule has 0 amide bonds. The number of hydrogen-bond acceptors (Lipinski definition) is 3. The molecule has 2 rings (SSSR count). The summed E-state index contributed by atoms with van der Waals surface area (Å²) in [6.07, 6.45) is 2.19. The summed E-state index contributed by atoms with van der Waals surface area (Å²) in [5, 5.41) is 8.89. The van der Waals surface area contributed by atoms with Gasteiger partial charge in [-0.15, -0.1) is 0 Å². The summed E-state index contributed by atoms with van der Waals surface area (Å²) >= 11 is 0. The lowest BCUT2D eigenvalue weighted by Gasteiger charge is -2.07. The Morgan fingerprint density at radius 2 is 2.07 bits per heavy atom. The molecule has 1 heterocycles. The van der Waals surface area contributed by atoms with Crippen LogP contribution < -0.4 is 5.73 Å². The summed E-state index contributed by atoms with van der Waals surface area (Å²) in [7, 11) is 0. The van der Waals surface area contributed by atoms with Crippen molar-refractivity contribution >= 4 is 5.69 Å². The second-order valence-electron chi connectivity index (χ2n) is 3.33. The van der Waals surface area contributed by atoms with Crippen molar-refractivity contribution in [2.75, 3.05) is 12.3 Å². The van der Waals surface area contributed by atoms with E-state index in [0.29, 0.717) is 12.1 Å². The third-order valence-electron chi connectivity index (χ3n) is 2.36. The smallest absolute Gasteiger partial charge is 0.135 e. The first-order chi connectivity index (χ1) is 7.33. The minimum absolute atomic E-state index is 0.103. The Morgan fingerprint density at radius 3 is 2.73 bits per heavy atom. The van der Waals surface area contributed by atoms with E-state index in [4.69, 9.17) is 15.3 Å².